The molecule has 1 amide bonds. The first kappa shape index (κ1) is 24.3. The average molecular weight is 364 g/mol. The molecule has 4 heteroatoms. The van der Waals surface area contributed by atoms with Crippen LogP contribution in [0.1, 0.15) is 90.9 Å². The summed E-state index contributed by atoms with van der Waals surface area (Å²) in [5.41, 5.74) is 13.5. The minimum Gasteiger partial charge on any atom is -0.399 e. The van der Waals surface area contributed by atoms with E-state index in [-0.39, 0.29) is 11.9 Å². The van der Waals surface area contributed by atoms with Crippen LogP contribution >= 0.6 is 0 Å². The Hall–Kier alpha value is -1.71. The van der Waals surface area contributed by atoms with Crippen LogP contribution in [-0.4, -0.2) is 11.9 Å². The molecular formula is C22H41N3O. The lowest BCUT2D eigenvalue weighted by molar-refractivity contribution is 0.0905. The molecule has 0 heterocycles. The number of benzene rings is 1. The van der Waals surface area contributed by atoms with E-state index in [2.05, 4.69) is 39.9 Å². The first-order chi connectivity index (χ1) is 12.2. The Morgan fingerprint density at radius 2 is 1.58 bits per heavy atom. The number of carbonyl (C=O) groups excluding carboxylic acids is 1. The maximum absolute atomic E-state index is 12.3. The van der Waals surface area contributed by atoms with Crippen molar-refractivity contribution in [1.82, 2.24) is 5.32 Å². The van der Waals surface area contributed by atoms with Crippen molar-refractivity contribution < 1.29 is 4.79 Å². The lowest BCUT2D eigenvalue weighted by Crippen LogP contribution is -2.39. The summed E-state index contributed by atoms with van der Waals surface area (Å²) in [6.45, 7) is 15.1. The molecule has 2 rings (SSSR count). The number of nitrogens with one attached hydrogen (secondary N) is 1. The zero-order valence-corrected chi connectivity index (χ0v) is 18.0. The Kier molecular flexibility index (Phi) is 11.0. The zero-order chi connectivity index (χ0) is 20.3. The highest BCUT2D eigenvalue weighted by molar-refractivity contribution is 6.00. The van der Waals surface area contributed by atoms with Gasteiger partial charge in [-0.25, -0.2) is 0 Å². The molecule has 0 aromatic heterocycles. The van der Waals surface area contributed by atoms with Crippen LogP contribution < -0.4 is 16.8 Å². The molecule has 150 valence electrons. The normalized spacial score (nSPS) is 19.3. The van der Waals surface area contributed by atoms with E-state index in [0.29, 0.717) is 22.4 Å². The van der Waals surface area contributed by atoms with Gasteiger partial charge in [-0.3, -0.25) is 4.79 Å². The number of anilines is 2. The average Bonchev–Trinajstić information content (AvgIpc) is 2.59. The molecule has 0 aliphatic heterocycles. The van der Waals surface area contributed by atoms with E-state index in [0.717, 1.165) is 18.8 Å². The summed E-state index contributed by atoms with van der Waals surface area (Å²) in [7, 11) is 0. The lowest BCUT2D eigenvalue weighted by atomic mass is 9.71. The molecule has 26 heavy (non-hydrogen) atoms. The lowest BCUT2D eigenvalue weighted by Gasteiger charge is -2.37. The molecule has 0 saturated heterocycles. The van der Waals surface area contributed by atoms with E-state index >= 15 is 0 Å². The molecule has 1 aliphatic rings. The molecule has 1 fully saturated rings. The fourth-order valence-electron chi connectivity index (χ4n) is 3.14. The third-order valence-electron chi connectivity index (χ3n) is 4.61. The Balaban J connectivity index is 0.00000113. The molecule has 5 N–H and O–H groups in total. The summed E-state index contributed by atoms with van der Waals surface area (Å²) < 4.78 is 0. The van der Waals surface area contributed by atoms with Crippen LogP contribution in [0.4, 0.5) is 11.4 Å². The first-order valence-corrected chi connectivity index (χ1v) is 10.1. The number of nitrogen functional groups attached to an aromatic ring is 2. The van der Waals surface area contributed by atoms with E-state index in [9.17, 15) is 4.79 Å². The fraction of sp³-hybridized carbons (Fsp3) is 0.682. The van der Waals surface area contributed by atoms with Gasteiger partial charge in [0.05, 0.1) is 5.56 Å². The topological polar surface area (TPSA) is 81.1 Å². The van der Waals surface area contributed by atoms with Crippen molar-refractivity contribution in [1.29, 1.82) is 0 Å². The molecule has 1 aliphatic carbocycles. The van der Waals surface area contributed by atoms with Crippen LogP contribution in [-0.2, 0) is 0 Å². The molecule has 0 spiro atoms. The highest BCUT2D eigenvalue weighted by Gasteiger charge is 2.30. The number of amides is 1. The van der Waals surface area contributed by atoms with Gasteiger partial charge in [0.1, 0.15) is 0 Å². The molecule has 0 radical (unpaired) electrons. The van der Waals surface area contributed by atoms with Crippen molar-refractivity contribution in [3.8, 4) is 0 Å². The van der Waals surface area contributed by atoms with Crippen LogP contribution in [0.15, 0.2) is 18.2 Å². The van der Waals surface area contributed by atoms with Crippen molar-refractivity contribution in [2.24, 2.45) is 11.3 Å². The van der Waals surface area contributed by atoms with Crippen LogP contribution in [0.5, 0.6) is 0 Å². The Bertz CT molecular complexity index is 527. The minimum absolute atomic E-state index is 0.112. The monoisotopic (exact) mass is 363 g/mol. The van der Waals surface area contributed by atoms with Gasteiger partial charge < -0.3 is 16.8 Å². The molecule has 0 unspecified atom stereocenters. The number of hydrogen-bond acceptors (Lipinski definition) is 3. The molecule has 4 nitrogen and oxygen atoms in total. The summed E-state index contributed by atoms with van der Waals surface area (Å²) >= 11 is 0. The smallest absolute Gasteiger partial charge is 0.253 e. The molecular weight excluding hydrogens is 322 g/mol. The molecule has 0 atom stereocenters. The minimum atomic E-state index is -0.112. The number of hydrogen-bond donors (Lipinski definition) is 3. The summed E-state index contributed by atoms with van der Waals surface area (Å²) in [6.07, 6.45) is 5.66. The summed E-state index contributed by atoms with van der Waals surface area (Å²) in [6, 6.07) is 5.28. The van der Waals surface area contributed by atoms with Crippen LogP contribution in [0, 0.1) is 11.3 Å². The van der Waals surface area contributed by atoms with Gasteiger partial charge >= 0.3 is 0 Å². The van der Waals surface area contributed by atoms with Gasteiger partial charge in [-0.2, -0.15) is 0 Å². The van der Waals surface area contributed by atoms with Crippen LogP contribution in [0.2, 0.25) is 0 Å². The van der Waals surface area contributed by atoms with Crippen molar-refractivity contribution in [2.75, 3.05) is 11.5 Å². The van der Waals surface area contributed by atoms with Crippen molar-refractivity contribution in [3.05, 3.63) is 23.8 Å². The highest BCUT2D eigenvalue weighted by atomic mass is 16.1. The number of carbonyl (C=O) groups is 1. The largest absolute Gasteiger partial charge is 0.399 e. The van der Waals surface area contributed by atoms with E-state index in [1.807, 2.05) is 13.8 Å². The Morgan fingerprint density at radius 1 is 1.08 bits per heavy atom. The molecule has 1 aromatic carbocycles. The standard InChI is InChI=1S/C17H27N3O.C3H8.C2H6/c1-17(2,3)11-4-7-13(8-5-11)20-16(21)14-10-12(18)6-9-15(14)19;1-3-2;1-2/h6,9-11,13H,4-5,7-8,18-19H2,1-3H3,(H,20,21);3H2,1-2H3;1-2H3. The van der Waals surface area contributed by atoms with E-state index in [1.54, 1.807) is 18.2 Å². The third-order valence-corrected chi connectivity index (χ3v) is 4.61. The van der Waals surface area contributed by atoms with Gasteiger partial charge in [0, 0.05) is 17.4 Å². The molecule has 1 aromatic rings. The van der Waals surface area contributed by atoms with Crippen molar-refractivity contribution >= 4 is 17.3 Å². The van der Waals surface area contributed by atoms with Crippen LogP contribution in [0.25, 0.3) is 0 Å². The second-order valence-electron chi connectivity index (χ2n) is 7.94. The van der Waals surface area contributed by atoms with Gasteiger partial charge in [-0.15, -0.1) is 0 Å². The maximum atomic E-state index is 12.3. The SMILES string of the molecule is CC.CC(C)(C)C1CCC(NC(=O)c2cc(N)ccc2N)CC1.CCC. The number of nitrogens with two attached hydrogens (primary N) is 2. The molecule has 1 saturated carbocycles. The van der Waals surface area contributed by atoms with Crippen molar-refractivity contribution in [2.45, 2.75) is 86.6 Å². The predicted molar refractivity (Wildman–Crippen MR) is 115 cm³/mol. The summed E-state index contributed by atoms with van der Waals surface area (Å²) in [4.78, 5) is 12.3. The van der Waals surface area contributed by atoms with Crippen LogP contribution in [0.3, 0.4) is 0 Å². The molecule has 0 bridgehead atoms. The van der Waals surface area contributed by atoms with Gasteiger partial charge in [0.15, 0.2) is 0 Å². The quantitative estimate of drug-likeness (QED) is 0.596. The van der Waals surface area contributed by atoms with Gasteiger partial charge in [0.25, 0.3) is 5.91 Å². The zero-order valence-electron chi connectivity index (χ0n) is 18.0. The summed E-state index contributed by atoms with van der Waals surface area (Å²) in [5.74, 6) is 0.627. The first-order valence-electron chi connectivity index (χ1n) is 10.1. The third kappa shape index (κ3) is 8.11. The Morgan fingerprint density at radius 3 is 2.04 bits per heavy atom. The number of rotatable bonds is 2. The summed E-state index contributed by atoms with van der Waals surface area (Å²) in [5, 5.41) is 3.10. The highest BCUT2D eigenvalue weighted by Crippen LogP contribution is 2.37. The van der Waals surface area contributed by atoms with Gasteiger partial charge in [-0.05, 0) is 55.2 Å². The fourth-order valence-corrected chi connectivity index (χ4v) is 3.14. The predicted octanol–water partition coefficient (Wildman–Crippen LogP) is 5.63. The van der Waals surface area contributed by atoms with E-state index < -0.39 is 0 Å². The van der Waals surface area contributed by atoms with E-state index in [1.165, 1.54) is 19.3 Å². The van der Waals surface area contributed by atoms with Crippen molar-refractivity contribution in [3.63, 3.8) is 0 Å². The maximum Gasteiger partial charge on any atom is 0.253 e. The van der Waals surface area contributed by atoms with Gasteiger partial charge in [-0.1, -0.05) is 54.9 Å². The van der Waals surface area contributed by atoms with Gasteiger partial charge in [0.2, 0.25) is 0 Å². The second kappa shape index (κ2) is 11.8. The second-order valence-corrected chi connectivity index (χ2v) is 7.94. The Labute approximate surface area is 161 Å². The van der Waals surface area contributed by atoms with E-state index in [4.69, 9.17) is 11.5 Å².